The molecule has 6 nitrogen and oxygen atoms in total. The van der Waals surface area contributed by atoms with Crippen LogP contribution in [0.2, 0.25) is 0 Å². The highest BCUT2D eigenvalue weighted by Gasteiger charge is 2.46. The first kappa shape index (κ1) is 29.9. The lowest BCUT2D eigenvalue weighted by atomic mass is 9.68. The predicted molar refractivity (Wildman–Crippen MR) is 192 cm³/mol. The minimum atomic E-state index is -0.659. The Labute approximate surface area is 281 Å². The molecule has 0 N–H and O–H groups in total. The van der Waals surface area contributed by atoms with Crippen molar-refractivity contribution in [3.63, 3.8) is 0 Å². The number of nitrogens with zero attached hydrogens (tertiary/aromatic N) is 5. The van der Waals surface area contributed by atoms with E-state index >= 15 is 0 Å². The zero-order valence-corrected chi connectivity index (χ0v) is 28.5. The fraction of sp³-hybridized carbons (Fsp3) is 0.214. The van der Waals surface area contributed by atoms with E-state index in [1.165, 1.54) is 22.3 Å². The summed E-state index contributed by atoms with van der Waals surface area (Å²) in [6, 6.07) is 37.0. The molecule has 0 saturated carbocycles. The zero-order valence-electron chi connectivity index (χ0n) is 28.5. The van der Waals surface area contributed by atoms with Gasteiger partial charge in [0, 0.05) is 29.7 Å². The fourth-order valence-corrected chi connectivity index (χ4v) is 7.51. The van der Waals surface area contributed by atoms with Gasteiger partial charge in [0.25, 0.3) is 0 Å². The van der Waals surface area contributed by atoms with Gasteiger partial charge in [0.15, 0.2) is 0 Å². The number of ether oxygens (including phenoxy) is 1. The van der Waals surface area contributed by atoms with Crippen molar-refractivity contribution in [1.82, 2.24) is 24.1 Å². The van der Waals surface area contributed by atoms with Crippen molar-refractivity contribution in [3.8, 4) is 28.6 Å². The van der Waals surface area contributed by atoms with Gasteiger partial charge in [-0.3, -0.25) is 4.40 Å². The van der Waals surface area contributed by atoms with Crippen molar-refractivity contribution in [1.29, 1.82) is 0 Å². The van der Waals surface area contributed by atoms with Gasteiger partial charge in [-0.05, 0) is 102 Å². The molecule has 238 valence electrons. The Kier molecular flexibility index (Phi) is 6.71. The number of rotatable bonds is 5. The number of fused-ring (bicyclic) bond motifs is 4. The maximum Gasteiger partial charge on any atom is 0.221 e. The Balaban J connectivity index is 1.44. The van der Waals surface area contributed by atoms with E-state index in [0.717, 1.165) is 50.8 Å². The van der Waals surface area contributed by atoms with E-state index in [4.69, 9.17) is 14.8 Å². The third kappa shape index (κ3) is 4.50. The van der Waals surface area contributed by atoms with Crippen LogP contribution in [0.3, 0.4) is 0 Å². The molecule has 0 bridgehead atoms. The van der Waals surface area contributed by atoms with Crippen LogP contribution in [0.15, 0.2) is 109 Å². The van der Waals surface area contributed by atoms with E-state index < -0.39 is 5.41 Å². The lowest BCUT2D eigenvalue weighted by Gasteiger charge is -2.34. The van der Waals surface area contributed by atoms with E-state index in [-0.39, 0.29) is 5.41 Å². The first-order chi connectivity index (χ1) is 23.1. The molecule has 0 fully saturated rings. The van der Waals surface area contributed by atoms with Gasteiger partial charge in [-0.1, -0.05) is 81.4 Å². The molecule has 0 aliphatic heterocycles. The van der Waals surface area contributed by atoms with Gasteiger partial charge in [-0.15, -0.1) is 0 Å². The maximum absolute atomic E-state index is 6.79. The highest BCUT2D eigenvalue weighted by Crippen LogP contribution is 2.56. The first-order valence-corrected chi connectivity index (χ1v) is 16.5. The van der Waals surface area contributed by atoms with E-state index in [0.29, 0.717) is 11.8 Å². The lowest BCUT2D eigenvalue weighted by molar-refractivity contribution is 0.432. The van der Waals surface area contributed by atoms with Gasteiger partial charge in [0.2, 0.25) is 11.8 Å². The molecule has 3 aromatic carbocycles. The van der Waals surface area contributed by atoms with E-state index in [1.807, 2.05) is 23.9 Å². The molecule has 0 saturated heterocycles. The quantitative estimate of drug-likeness (QED) is 0.190. The summed E-state index contributed by atoms with van der Waals surface area (Å²) in [5.74, 6) is 1.23. The first-order valence-electron chi connectivity index (χ1n) is 16.5. The van der Waals surface area contributed by atoms with Crippen LogP contribution in [0, 0.1) is 27.7 Å². The van der Waals surface area contributed by atoms with Gasteiger partial charge in [-0.25, -0.2) is 14.6 Å². The summed E-state index contributed by atoms with van der Waals surface area (Å²) >= 11 is 0. The molecule has 0 amide bonds. The normalized spacial score (nSPS) is 13.5. The number of pyridine rings is 2. The summed E-state index contributed by atoms with van der Waals surface area (Å²) in [6.45, 7) is 14.9. The van der Waals surface area contributed by atoms with E-state index in [1.54, 1.807) is 0 Å². The van der Waals surface area contributed by atoms with Crippen LogP contribution in [-0.4, -0.2) is 24.1 Å². The topological polar surface area (TPSA) is 57.2 Å². The second kappa shape index (κ2) is 10.8. The highest BCUT2D eigenvalue weighted by atomic mass is 16.5. The van der Waals surface area contributed by atoms with Crippen molar-refractivity contribution >= 4 is 5.65 Å². The number of imidazole rings is 1. The Morgan fingerprint density at radius 3 is 2.08 bits per heavy atom. The van der Waals surface area contributed by atoms with Gasteiger partial charge >= 0.3 is 0 Å². The monoisotopic (exact) mass is 629 g/mol. The second-order valence-electron chi connectivity index (χ2n) is 14.0. The SMILES string of the molecule is Cc1cc(C)n(-c2cccc(C3(c4cc(Oc5cc(C(C)(C)C)ccn5)n5c(C)c(C)nc5c4)c4ccccc4-c4ccccc43)c2)n1. The van der Waals surface area contributed by atoms with E-state index in [9.17, 15) is 0 Å². The number of aromatic nitrogens is 5. The number of aryl methyl sites for hydroxylation is 4. The molecule has 7 aromatic rings. The maximum atomic E-state index is 6.79. The Bertz CT molecular complexity index is 2330. The molecule has 8 rings (SSSR count). The second-order valence-corrected chi connectivity index (χ2v) is 14.0. The molecule has 0 atom stereocenters. The van der Waals surface area contributed by atoms with Crippen LogP contribution in [0.25, 0.3) is 22.5 Å². The molecule has 1 aliphatic rings. The predicted octanol–water partition coefficient (Wildman–Crippen LogP) is 9.60. The minimum absolute atomic E-state index is 0.0441. The molecular weight excluding hydrogens is 590 g/mol. The summed E-state index contributed by atoms with van der Waals surface area (Å²) in [7, 11) is 0. The molecule has 1 aliphatic carbocycles. The number of hydrogen-bond acceptors (Lipinski definition) is 4. The van der Waals surface area contributed by atoms with E-state index in [2.05, 4.69) is 148 Å². The number of hydrogen-bond donors (Lipinski definition) is 0. The summed E-state index contributed by atoms with van der Waals surface area (Å²) in [5, 5.41) is 4.85. The van der Waals surface area contributed by atoms with Crippen molar-refractivity contribution in [2.24, 2.45) is 0 Å². The van der Waals surface area contributed by atoms with Gasteiger partial charge in [0.05, 0.1) is 22.5 Å². The van der Waals surface area contributed by atoms with Crippen molar-refractivity contribution < 1.29 is 4.74 Å². The third-order valence-electron chi connectivity index (χ3n) is 9.88. The summed E-state index contributed by atoms with van der Waals surface area (Å²) in [4.78, 5) is 9.72. The van der Waals surface area contributed by atoms with Gasteiger partial charge in [0.1, 0.15) is 5.65 Å². The average molecular weight is 630 g/mol. The molecule has 0 spiro atoms. The Morgan fingerprint density at radius 1 is 0.708 bits per heavy atom. The standard InChI is InChI=1S/C42H39N5O/c1-26-21-27(2)47(45-26)33-14-12-13-31(22-33)42(36-17-10-8-15-34(36)35-16-9-11-18-37(35)42)32-23-38-44-28(3)29(4)46(38)40(25-32)48-39-24-30(19-20-43-39)41(5,6)7/h8-25H,1-7H3. The Hall–Kier alpha value is -5.49. The van der Waals surface area contributed by atoms with Crippen LogP contribution >= 0.6 is 0 Å². The molecule has 4 heterocycles. The molecule has 48 heavy (non-hydrogen) atoms. The summed E-state index contributed by atoms with van der Waals surface area (Å²) in [5.41, 5.74) is 13.5. The minimum Gasteiger partial charge on any atom is -0.422 e. The molecule has 4 aromatic heterocycles. The molecule has 6 heteroatoms. The van der Waals surface area contributed by atoms with Gasteiger partial charge < -0.3 is 4.74 Å². The number of benzene rings is 3. The zero-order chi connectivity index (χ0) is 33.4. The summed E-state index contributed by atoms with van der Waals surface area (Å²) in [6.07, 6.45) is 1.83. The van der Waals surface area contributed by atoms with Crippen LogP contribution in [-0.2, 0) is 10.8 Å². The van der Waals surface area contributed by atoms with Crippen LogP contribution < -0.4 is 4.74 Å². The van der Waals surface area contributed by atoms with Crippen molar-refractivity contribution in [3.05, 3.63) is 160 Å². The fourth-order valence-electron chi connectivity index (χ4n) is 7.51. The largest absolute Gasteiger partial charge is 0.422 e. The summed E-state index contributed by atoms with van der Waals surface area (Å²) < 4.78 is 10.9. The highest BCUT2D eigenvalue weighted by molar-refractivity contribution is 5.86. The van der Waals surface area contributed by atoms with Crippen LogP contribution in [0.4, 0.5) is 0 Å². The molecule has 0 unspecified atom stereocenters. The third-order valence-corrected chi connectivity index (χ3v) is 9.88. The Morgan fingerprint density at radius 2 is 1.42 bits per heavy atom. The van der Waals surface area contributed by atoms with Crippen LogP contribution in [0.1, 0.15) is 71.4 Å². The van der Waals surface area contributed by atoms with Crippen LogP contribution in [0.5, 0.6) is 11.8 Å². The van der Waals surface area contributed by atoms with Crippen molar-refractivity contribution in [2.45, 2.75) is 59.3 Å². The lowest BCUT2D eigenvalue weighted by Crippen LogP contribution is -2.29. The smallest absolute Gasteiger partial charge is 0.221 e. The van der Waals surface area contributed by atoms with Gasteiger partial charge in [-0.2, -0.15) is 5.10 Å². The van der Waals surface area contributed by atoms with Crippen molar-refractivity contribution in [2.75, 3.05) is 0 Å². The molecular formula is C42H39N5O. The molecule has 0 radical (unpaired) electrons. The average Bonchev–Trinajstić information content (AvgIpc) is 3.68.